The molecule has 0 fully saturated rings. The summed E-state index contributed by atoms with van der Waals surface area (Å²) in [7, 11) is 1.91. The van der Waals surface area contributed by atoms with Crippen LogP contribution in [-0.4, -0.2) is 31.3 Å². The molecule has 0 saturated carbocycles. The normalized spacial score (nSPS) is 17.1. The van der Waals surface area contributed by atoms with E-state index in [2.05, 4.69) is 18.3 Å². The lowest BCUT2D eigenvalue weighted by Gasteiger charge is -2.33. The topological polar surface area (TPSA) is 32.3 Å². The molecule has 1 unspecified atom stereocenters. The van der Waals surface area contributed by atoms with Crippen molar-refractivity contribution in [2.24, 2.45) is 0 Å². The number of amides is 1. The van der Waals surface area contributed by atoms with Crippen LogP contribution < -0.4 is 10.2 Å². The molecule has 0 aromatic heterocycles. The van der Waals surface area contributed by atoms with Crippen molar-refractivity contribution in [3.8, 4) is 0 Å². The maximum atomic E-state index is 12.0. The molecule has 4 heteroatoms. The largest absolute Gasteiger partial charge is 0.318 e. The van der Waals surface area contributed by atoms with Crippen molar-refractivity contribution in [3.63, 3.8) is 0 Å². The van der Waals surface area contributed by atoms with E-state index in [-0.39, 0.29) is 11.9 Å². The monoisotopic (exact) mass is 236 g/mol. The highest BCUT2D eigenvalue weighted by molar-refractivity contribution is 8.00. The summed E-state index contributed by atoms with van der Waals surface area (Å²) in [6.07, 6.45) is 0. The first-order chi connectivity index (χ1) is 7.74. The first-order valence-electron chi connectivity index (χ1n) is 5.42. The minimum atomic E-state index is 0.194. The van der Waals surface area contributed by atoms with E-state index >= 15 is 0 Å². The molecular weight excluding hydrogens is 220 g/mol. The SMILES string of the molecule is CNCC(C)N1C(=O)CSc2ccccc21. The Morgan fingerprint density at radius 1 is 1.50 bits per heavy atom. The summed E-state index contributed by atoms with van der Waals surface area (Å²) < 4.78 is 0. The maximum Gasteiger partial charge on any atom is 0.237 e. The molecule has 1 amide bonds. The van der Waals surface area contributed by atoms with Gasteiger partial charge >= 0.3 is 0 Å². The maximum absolute atomic E-state index is 12.0. The van der Waals surface area contributed by atoms with E-state index in [0.717, 1.165) is 12.2 Å². The van der Waals surface area contributed by atoms with Crippen LogP contribution >= 0.6 is 11.8 Å². The minimum Gasteiger partial charge on any atom is -0.318 e. The molecule has 0 bridgehead atoms. The lowest BCUT2D eigenvalue weighted by molar-refractivity contribution is -0.116. The summed E-state index contributed by atoms with van der Waals surface area (Å²) in [5, 5.41) is 3.12. The summed E-state index contributed by atoms with van der Waals surface area (Å²) in [5.41, 5.74) is 1.05. The fourth-order valence-electron chi connectivity index (χ4n) is 1.99. The van der Waals surface area contributed by atoms with Crippen molar-refractivity contribution in [1.29, 1.82) is 0 Å². The van der Waals surface area contributed by atoms with Gasteiger partial charge in [0.05, 0.1) is 11.4 Å². The molecule has 1 heterocycles. The van der Waals surface area contributed by atoms with Crippen molar-refractivity contribution in [3.05, 3.63) is 24.3 Å². The van der Waals surface area contributed by atoms with Gasteiger partial charge in [-0.25, -0.2) is 0 Å². The summed E-state index contributed by atoms with van der Waals surface area (Å²) >= 11 is 1.62. The second-order valence-electron chi connectivity index (χ2n) is 3.93. The zero-order valence-electron chi connectivity index (χ0n) is 9.56. The number of rotatable bonds is 3. The van der Waals surface area contributed by atoms with Gasteiger partial charge in [-0.2, -0.15) is 0 Å². The summed E-state index contributed by atoms with van der Waals surface area (Å²) in [6, 6.07) is 8.29. The smallest absolute Gasteiger partial charge is 0.237 e. The van der Waals surface area contributed by atoms with Crippen LogP contribution in [0, 0.1) is 0 Å². The van der Waals surface area contributed by atoms with Gasteiger partial charge in [-0.05, 0) is 26.1 Å². The summed E-state index contributed by atoms with van der Waals surface area (Å²) in [5.74, 6) is 0.747. The Morgan fingerprint density at radius 3 is 3.00 bits per heavy atom. The van der Waals surface area contributed by atoms with Crippen LogP contribution in [0.3, 0.4) is 0 Å². The van der Waals surface area contributed by atoms with Gasteiger partial charge in [0.1, 0.15) is 0 Å². The third-order valence-corrected chi connectivity index (χ3v) is 3.73. The van der Waals surface area contributed by atoms with Gasteiger partial charge in [-0.15, -0.1) is 11.8 Å². The predicted molar refractivity (Wildman–Crippen MR) is 68.0 cm³/mol. The number of anilines is 1. The van der Waals surface area contributed by atoms with Crippen molar-refractivity contribution >= 4 is 23.4 Å². The molecule has 1 aliphatic rings. The summed E-state index contributed by atoms with van der Waals surface area (Å²) in [6.45, 7) is 2.88. The number of para-hydroxylation sites is 1. The van der Waals surface area contributed by atoms with Crippen LogP contribution in [0.25, 0.3) is 0 Å². The third kappa shape index (κ3) is 2.08. The fraction of sp³-hybridized carbons (Fsp3) is 0.417. The standard InChI is InChI=1S/C12H16N2OS/c1-9(7-13-2)14-10-5-3-4-6-11(10)16-8-12(14)15/h3-6,9,13H,7-8H2,1-2H3. The van der Waals surface area contributed by atoms with Crippen LogP contribution in [0.4, 0.5) is 5.69 Å². The predicted octanol–water partition coefficient (Wildman–Crippen LogP) is 1.73. The second kappa shape index (κ2) is 4.89. The Labute approximate surface area is 100 Å². The third-order valence-electron chi connectivity index (χ3n) is 2.68. The molecule has 1 N–H and O–H groups in total. The molecule has 1 atom stereocenters. The highest BCUT2D eigenvalue weighted by Crippen LogP contribution is 2.35. The Hall–Kier alpha value is -1.00. The van der Waals surface area contributed by atoms with E-state index in [1.807, 2.05) is 30.1 Å². The Kier molecular flexibility index (Phi) is 3.51. The quantitative estimate of drug-likeness (QED) is 0.867. The number of carbonyl (C=O) groups excluding carboxylic acids is 1. The Balaban J connectivity index is 2.33. The number of hydrogen-bond acceptors (Lipinski definition) is 3. The van der Waals surface area contributed by atoms with Gasteiger partial charge in [0.15, 0.2) is 0 Å². The molecule has 2 rings (SSSR count). The molecule has 0 spiro atoms. The number of thioether (sulfide) groups is 1. The first-order valence-corrected chi connectivity index (χ1v) is 6.41. The summed E-state index contributed by atoms with van der Waals surface area (Å²) in [4.78, 5) is 15.1. The average Bonchev–Trinajstić information content (AvgIpc) is 2.29. The minimum absolute atomic E-state index is 0.194. The fourth-order valence-corrected chi connectivity index (χ4v) is 2.90. The van der Waals surface area contributed by atoms with Crippen molar-refractivity contribution in [2.75, 3.05) is 24.2 Å². The molecule has 0 radical (unpaired) electrons. The van der Waals surface area contributed by atoms with Crippen molar-refractivity contribution < 1.29 is 4.79 Å². The van der Waals surface area contributed by atoms with E-state index in [9.17, 15) is 4.79 Å². The highest BCUT2D eigenvalue weighted by atomic mass is 32.2. The van der Waals surface area contributed by atoms with Crippen LogP contribution in [0.2, 0.25) is 0 Å². The van der Waals surface area contributed by atoms with Crippen LogP contribution in [-0.2, 0) is 4.79 Å². The molecular formula is C12H16N2OS. The van der Waals surface area contributed by atoms with Crippen LogP contribution in [0.1, 0.15) is 6.92 Å². The lowest BCUT2D eigenvalue weighted by Crippen LogP contribution is -2.46. The van der Waals surface area contributed by atoms with Gasteiger partial charge in [0, 0.05) is 17.5 Å². The van der Waals surface area contributed by atoms with Crippen LogP contribution in [0.5, 0.6) is 0 Å². The zero-order valence-corrected chi connectivity index (χ0v) is 10.4. The lowest BCUT2D eigenvalue weighted by atomic mass is 10.2. The highest BCUT2D eigenvalue weighted by Gasteiger charge is 2.27. The number of carbonyl (C=O) groups is 1. The zero-order chi connectivity index (χ0) is 11.5. The number of nitrogens with one attached hydrogen (secondary N) is 1. The van der Waals surface area contributed by atoms with Crippen molar-refractivity contribution in [1.82, 2.24) is 5.32 Å². The van der Waals surface area contributed by atoms with Gasteiger partial charge in [0.2, 0.25) is 5.91 Å². The number of fused-ring (bicyclic) bond motifs is 1. The van der Waals surface area contributed by atoms with Crippen LogP contribution in [0.15, 0.2) is 29.2 Å². The number of hydrogen-bond donors (Lipinski definition) is 1. The molecule has 0 saturated heterocycles. The number of likely N-dealkylation sites (N-methyl/N-ethyl adjacent to an activating group) is 1. The van der Waals surface area contributed by atoms with E-state index in [1.165, 1.54) is 4.90 Å². The van der Waals surface area contributed by atoms with Gasteiger partial charge in [-0.3, -0.25) is 4.79 Å². The molecule has 16 heavy (non-hydrogen) atoms. The Bertz CT molecular complexity index is 394. The van der Waals surface area contributed by atoms with E-state index < -0.39 is 0 Å². The molecule has 0 aliphatic carbocycles. The second-order valence-corrected chi connectivity index (χ2v) is 4.94. The van der Waals surface area contributed by atoms with Gasteiger partial charge in [-0.1, -0.05) is 12.1 Å². The van der Waals surface area contributed by atoms with Gasteiger partial charge < -0.3 is 10.2 Å². The number of nitrogens with zero attached hydrogens (tertiary/aromatic N) is 1. The first kappa shape index (κ1) is 11.5. The molecule has 86 valence electrons. The molecule has 3 nitrogen and oxygen atoms in total. The molecule has 1 aromatic rings. The Morgan fingerprint density at radius 2 is 2.25 bits per heavy atom. The number of benzene rings is 1. The van der Waals surface area contributed by atoms with Crippen molar-refractivity contribution in [2.45, 2.75) is 17.9 Å². The van der Waals surface area contributed by atoms with E-state index in [4.69, 9.17) is 0 Å². The van der Waals surface area contributed by atoms with E-state index in [1.54, 1.807) is 11.8 Å². The average molecular weight is 236 g/mol. The molecule has 1 aliphatic heterocycles. The molecule has 1 aromatic carbocycles. The van der Waals surface area contributed by atoms with E-state index in [0.29, 0.717) is 5.75 Å². The van der Waals surface area contributed by atoms with Gasteiger partial charge in [0.25, 0.3) is 0 Å².